The molecule has 3 heteroatoms. The highest BCUT2D eigenvalue weighted by atomic mass is 32.2. The maximum Gasteiger partial charge on any atom is 0.203 e. The van der Waals surface area contributed by atoms with Crippen molar-refractivity contribution < 1.29 is 4.79 Å². The predicted molar refractivity (Wildman–Crippen MR) is 28.5 cm³/mol. The van der Waals surface area contributed by atoms with Crippen molar-refractivity contribution in [3.63, 3.8) is 0 Å². The van der Waals surface area contributed by atoms with Gasteiger partial charge < -0.3 is 0 Å². The zero-order chi connectivity index (χ0) is 5.70. The average Bonchev–Trinajstić information content (AvgIpc) is 1.68. The van der Waals surface area contributed by atoms with E-state index >= 15 is 0 Å². The normalized spacial score (nSPS) is 7.43. The van der Waals surface area contributed by atoms with Crippen molar-refractivity contribution in [3.05, 3.63) is 0 Å². The third-order valence-electron chi connectivity index (χ3n) is 0.448. The second kappa shape index (κ2) is 3.69. The zero-order valence-corrected chi connectivity index (χ0v) is 4.79. The summed E-state index contributed by atoms with van der Waals surface area (Å²) in [6.45, 7) is 1.73. The molecule has 0 unspecified atom stereocenters. The minimum atomic E-state index is -0.0671. The molecule has 0 radical (unpaired) electrons. The largest absolute Gasteiger partial charge is 0.286 e. The number of thiocyanates is 1. The van der Waals surface area contributed by atoms with Gasteiger partial charge in [-0.1, -0.05) is 6.92 Å². The number of hydrogen-bond donors (Lipinski definition) is 0. The summed E-state index contributed by atoms with van der Waals surface area (Å²) in [6.07, 6.45) is 0.443. The Kier molecular flexibility index (Phi) is 3.43. The second-order valence-corrected chi connectivity index (χ2v) is 1.76. The van der Waals surface area contributed by atoms with E-state index in [1.807, 2.05) is 0 Å². The molecule has 0 aromatic rings. The number of carbonyl (C=O) groups excluding carboxylic acids is 1. The molecular weight excluding hydrogens is 110 g/mol. The smallest absolute Gasteiger partial charge is 0.203 e. The Bertz CT molecular complexity index is 105. The molecule has 0 amide bonds. The summed E-state index contributed by atoms with van der Waals surface area (Å²) in [5, 5.41) is 9.48. The van der Waals surface area contributed by atoms with Crippen LogP contribution in [0.25, 0.3) is 0 Å². The van der Waals surface area contributed by atoms with Gasteiger partial charge >= 0.3 is 0 Å². The SMILES string of the molecule is CCC(=O)SC#N. The van der Waals surface area contributed by atoms with E-state index in [1.165, 1.54) is 0 Å². The summed E-state index contributed by atoms with van der Waals surface area (Å²) in [7, 11) is 0. The Balaban J connectivity index is 3.23. The first-order chi connectivity index (χ1) is 3.31. The van der Waals surface area contributed by atoms with E-state index in [0.29, 0.717) is 18.2 Å². The molecule has 0 aliphatic rings. The lowest BCUT2D eigenvalue weighted by molar-refractivity contribution is -0.110. The fraction of sp³-hybridized carbons (Fsp3) is 0.500. The molecule has 0 aliphatic carbocycles. The van der Waals surface area contributed by atoms with Crippen LogP contribution in [0.5, 0.6) is 0 Å². The van der Waals surface area contributed by atoms with Gasteiger partial charge in [-0.25, -0.2) is 0 Å². The van der Waals surface area contributed by atoms with Crippen molar-refractivity contribution in [1.29, 1.82) is 5.26 Å². The minimum Gasteiger partial charge on any atom is -0.286 e. The molecule has 0 spiro atoms. The van der Waals surface area contributed by atoms with Crippen LogP contribution in [0.4, 0.5) is 0 Å². The van der Waals surface area contributed by atoms with Gasteiger partial charge in [0.2, 0.25) is 5.12 Å². The van der Waals surface area contributed by atoms with Crippen LogP contribution < -0.4 is 0 Å². The Morgan fingerprint density at radius 3 is 2.71 bits per heavy atom. The standard InChI is InChI=1S/C4H5NOS/c1-2-4(6)7-3-5/h2H2,1H3. The number of thioether (sulfide) groups is 1. The third-order valence-corrected chi connectivity index (χ3v) is 1.06. The van der Waals surface area contributed by atoms with Crippen LogP contribution in [0.1, 0.15) is 13.3 Å². The van der Waals surface area contributed by atoms with E-state index in [2.05, 4.69) is 0 Å². The predicted octanol–water partition coefficient (Wildman–Crippen LogP) is 1.14. The molecule has 0 N–H and O–H groups in total. The first-order valence-electron chi connectivity index (χ1n) is 1.90. The Hall–Kier alpha value is -0.490. The van der Waals surface area contributed by atoms with Gasteiger partial charge in [0.05, 0.1) is 0 Å². The first kappa shape index (κ1) is 6.51. The lowest BCUT2D eigenvalue weighted by Crippen LogP contribution is -1.81. The quantitative estimate of drug-likeness (QED) is 0.481. The molecule has 0 heterocycles. The summed E-state index contributed by atoms with van der Waals surface area (Å²) < 4.78 is 0. The average molecular weight is 115 g/mol. The van der Waals surface area contributed by atoms with Crippen LogP contribution in [-0.4, -0.2) is 5.12 Å². The van der Waals surface area contributed by atoms with Crippen LogP contribution in [-0.2, 0) is 4.79 Å². The van der Waals surface area contributed by atoms with Crippen molar-refractivity contribution in [2.75, 3.05) is 0 Å². The first-order valence-corrected chi connectivity index (χ1v) is 2.71. The summed E-state index contributed by atoms with van der Waals surface area (Å²) in [4.78, 5) is 10.2. The monoisotopic (exact) mass is 115 g/mol. The Morgan fingerprint density at radius 1 is 2.00 bits per heavy atom. The van der Waals surface area contributed by atoms with Gasteiger partial charge in [0.15, 0.2) is 0 Å². The van der Waals surface area contributed by atoms with Gasteiger partial charge in [0.25, 0.3) is 0 Å². The maximum atomic E-state index is 10.2. The summed E-state index contributed by atoms with van der Waals surface area (Å²) >= 11 is 0.698. The molecule has 0 aromatic carbocycles. The highest BCUT2D eigenvalue weighted by molar-refractivity contribution is 8.17. The summed E-state index contributed by atoms with van der Waals surface area (Å²) in [6, 6.07) is 0. The van der Waals surface area contributed by atoms with E-state index in [1.54, 1.807) is 12.3 Å². The van der Waals surface area contributed by atoms with Crippen molar-refractivity contribution >= 4 is 16.9 Å². The van der Waals surface area contributed by atoms with Crippen LogP contribution in [0.15, 0.2) is 0 Å². The summed E-state index contributed by atoms with van der Waals surface area (Å²) in [5.41, 5.74) is 0. The molecule has 38 valence electrons. The third kappa shape index (κ3) is 3.34. The number of carbonyl (C=O) groups is 1. The molecule has 2 nitrogen and oxygen atoms in total. The summed E-state index contributed by atoms with van der Waals surface area (Å²) in [5.74, 6) is 0. The van der Waals surface area contributed by atoms with Crippen molar-refractivity contribution in [2.45, 2.75) is 13.3 Å². The van der Waals surface area contributed by atoms with E-state index < -0.39 is 0 Å². The molecule has 0 atom stereocenters. The zero-order valence-electron chi connectivity index (χ0n) is 3.97. The van der Waals surface area contributed by atoms with Crippen molar-refractivity contribution in [2.24, 2.45) is 0 Å². The van der Waals surface area contributed by atoms with Crippen LogP contribution in [0.3, 0.4) is 0 Å². The van der Waals surface area contributed by atoms with Gasteiger partial charge in [-0.2, -0.15) is 5.26 Å². The number of hydrogen-bond acceptors (Lipinski definition) is 3. The van der Waals surface area contributed by atoms with Crippen LogP contribution >= 0.6 is 11.8 Å². The molecule has 0 aliphatic heterocycles. The van der Waals surface area contributed by atoms with Crippen molar-refractivity contribution in [3.8, 4) is 5.40 Å². The highest BCUT2D eigenvalue weighted by Gasteiger charge is 1.93. The second-order valence-electron chi connectivity index (χ2n) is 0.919. The van der Waals surface area contributed by atoms with Crippen molar-refractivity contribution in [1.82, 2.24) is 0 Å². The molecule has 0 saturated heterocycles. The van der Waals surface area contributed by atoms with Gasteiger partial charge in [0, 0.05) is 18.2 Å². The fourth-order valence-electron chi connectivity index (χ4n) is 0.123. The van der Waals surface area contributed by atoms with E-state index in [0.717, 1.165) is 0 Å². The van der Waals surface area contributed by atoms with Gasteiger partial charge in [-0.05, 0) is 0 Å². The molecule has 0 aromatic heterocycles. The number of nitrogens with zero attached hydrogens (tertiary/aromatic N) is 1. The van der Waals surface area contributed by atoms with Gasteiger partial charge in [0.1, 0.15) is 5.40 Å². The Morgan fingerprint density at radius 2 is 2.57 bits per heavy atom. The lowest BCUT2D eigenvalue weighted by Gasteiger charge is -1.78. The minimum absolute atomic E-state index is 0.0671. The maximum absolute atomic E-state index is 10.2. The highest BCUT2D eigenvalue weighted by Crippen LogP contribution is 1.99. The Labute approximate surface area is 46.5 Å². The van der Waals surface area contributed by atoms with E-state index in [-0.39, 0.29) is 5.12 Å². The molecule has 0 fully saturated rings. The van der Waals surface area contributed by atoms with Crippen LogP contribution in [0.2, 0.25) is 0 Å². The van der Waals surface area contributed by atoms with E-state index in [4.69, 9.17) is 5.26 Å². The number of rotatable bonds is 1. The van der Waals surface area contributed by atoms with Crippen LogP contribution in [0, 0.1) is 10.7 Å². The fourth-order valence-corrected chi connectivity index (χ4v) is 0.369. The molecular formula is C4H5NOS. The van der Waals surface area contributed by atoms with Gasteiger partial charge in [-0.3, -0.25) is 4.79 Å². The molecule has 7 heavy (non-hydrogen) atoms. The van der Waals surface area contributed by atoms with Gasteiger partial charge in [-0.15, -0.1) is 0 Å². The molecule has 0 bridgehead atoms. The topological polar surface area (TPSA) is 40.9 Å². The lowest BCUT2D eigenvalue weighted by atomic mass is 10.6. The van der Waals surface area contributed by atoms with E-state index in [9.17, 15) is 4.79 Å². The molecule has 0 saturated carbocycles. The molecule has 0 rings (SSSR count). The number of nitriles is 1.